The van der Waals surface area contributed by atoms with Crippen LogP contribution in [-0.2, 0) is 21.0 Å². The first-order valence-corrected chi connectivity index (χ1v) is 14.1. The smallest absolute Gasteiger partial charge is 0.416 e. The number of alkyl halides is 5. The van der Waals surface area contributed by atoms with Crippen molar-refractivity contribution in [1.82, 2.24) is 9.80 Å². The number of nitrogens with zero attached hydrogens (tertiary/aromatic N) is 3. The van der Waals surface area contributed by atoms with E-state index in [-0.39, 0.29) is 47.7 Å². The van der Waals surface area contributed by atoms with E-state index < -0.39 is 57.4 Å². The predicted molar refractivity (Wildman–Crippen MR) is 143 cm³/mol. The Labute approximate surface area is 243 Å². The number of anilines is 1. The molecule has 1 aliphatic rings. The van der Waals surface area contributed by atoms with E-state index in [0.29, 0.717) is 12.1 Å². The molecule has 1 aliphatic heterocycles. The highest BCUT2D eigenvalue weighted by molar-refractivity contribution is 7.92. The molecular weight excluding hydrogens is 604 g/mol. The first kappa shape index (κ1) is 31.7. The number of carbonyl (C=O) groups is 2. The van der Waals surface area contributed by atoms with E-state index >= 15 is 0 Å². The maximum absolute atomic E-state index is 14.3. The lowest BCUT2D eigenvalue weighted by Gasteiger charge is -2.37. The number of halogens is 6. The Kier molecular flexibility index (Phi) is 8.94. The number of hydrogen-bond donors (Lipinski definition) is 0. The molecule has 3 aromatic rings. The van der Waals surface area contributed by atoms with Gasteiger partial charge in [-0.1, -0.05) is 12.1 Å². The number of hydrogen-bond acceptors (Lipinski definition) is 5. The molecule has 0 radical (unpaired) electrons. The second-order valence-electron chi connectivity index (χ2n) is 9.77. The zero-order chi connectivity index (χ0) is 31.7. The van der Waals surface area contributed by atoms with E-state index in [4.69, 9.17) is 0 Å². The Hall–Kier alpha value is -4.27. The van der Waals surface area contributed by atoms with E-state index in [2.05, 4.69) is 4.74 Å². The Morgan fingerprint density at radius 1 is 1.02 bits per heavy atom. The zero-order valence-electron chi connectivity index (χ0n) is 22.7. The number of carbonyl (C=O) groups excluding carboxylic acids is 2. The van der Waals surface area contributed by atoms with Gasteiger partial charge in [0, 0.05) is 33.1 Å². The van der Waals surface area contributed by atoms with Gasteiger partial charge < -0.3 is 14.5 Å². The number of benzene rings is 3. The monoisotopic (exact) mass is 629 g/mol. The Morgan fingerprint density at radius 2 is 1.74 bits per heavy atom. The van der Waals surface area contributed by atoms with Gasteiger partial charge in [0.1, 0.15) is 18.2 Å². The maximum atomic E-state index is 14.3. The van der Waals surface area contributed by atoms with Gasteiger partial charge in [0.05, 0.1) is 21.7 Å². The first-order valence-electron chi connectivity index (χ1n) is 12.7. The van der Waals surface area contributed by atoms with Crippen LogP contribution in [0.3, 0.4) is 0 Å². The number of rotatable bonds is 9. The van der Waals surface area contributed by atoms with Gasteiger partial charge in [0.25, 0.3) is 15.9 Å². The van der Waals surface area contributed by atoms with E-state index in [1.807, 2.05) is 0 Å². The lowest BCUT2D eigenvalue weighted by atomic mass is 10.00. The molecule has 0 aromatic heterocycles. The minimum absolute atomic E-state index is 0.00643. The molecule has 4 rings (SSSR count). The SMILES string of the molecule is CN(C)C(=O)CCCN1CN(S(=O)(=O)c2cccc(C(F)(F)F)c2)c2cc(-c3cc(F)cc(OC(F)F)c3)ccc2C1=O. The molecule has 3 aromatic carbocycles. The zero-order valence-corrected chi connectivity index (χ0v) is 23.6. The third-order valence-electron chi connectivity index (χ3n) is 6.58. The fourth-order valence-corrected chi connectivity index (χ4v) is 5.93. The lowest BCUT2D eigenvalue weighted by Crippen LogP contribution is -2.49. The van der Waals surface area contributed by atoms with Crippen molar-refractivity contribution in [3.8, 4) is 16.9 Å². The van der Waals surface area contributed by atoms with Gasteiger partial charge in [0.15, 0.2) is 0 Å². The molecule has 0 N–H and O–H groups in total. The van der Waals surface area contributed by atoms with Crippen LogP contribution in [0.2, 0.25) is 0 Å². The van der Waals surface area contributed by atoms with Gasteiger partial charge >= 0.3 is 12.8 Å². The summed E-state index contributed by atoms with van der Waals surface area (Å²) in [6.45, 7) is -3.90. The normalized spacial score (nSPS) is 13.7. The molecule has 0 saturated heterocycles. The van der Waals surface area contributed by atoms with Gasteiger partial charge in [-0.2, -0.15) is 22.0 Å². The molecule has 0 aliphatic carbocycles. The molecule has 230 valence electrons. The van der Waals surface area contributed by atoms with Crippen molar-refractivity contribution >= 4 is 27.5 Å². The molecule has 0 saturated carbocycles. The van der Waals surface area contributed by atoms with Crippen molar-refractivity contribution < 1.29 is 49.1 Å². The van der Waals surface area contributed by atoms with Crippen molar-refractivity contribution in [2.24, 2.45) is 0 Å². The number of sulfonamides is 1. The van der Waals surface area contributed by atoms with Crippen molar-refractivity contribution in [2.45, 2.75) is 30.5 Å². The summed E-state index contributed by atoms with van der Waals surface area (Å²) in [5.41, 5.74) is -1.45. The van der Waals surface area contributed by atoms with Crippen LogP contribution in [0.4, 0.5) is 32.0 Å². The third-order valence-corrected chi connectivity index (χ3v) is 8.32. The molecule has 43 heavy (non-hydrogen) atoms. The largest absolute Gasteiger partial charge is 0.435 e. The minimum Gasteiger partial charge on any atom is -0.435 e. The summed E-state index contributed by atoms with van der Waals surface area (Å²) in [5, 5.41) is 0. The Morgan fingerprint density at radius 3 is 2.40 bits per heavy atom. The summed E-state index contributed by atoms with van der Waals surface area (Å²) in [6.07, 6.45) is -4.62. The van der Waals surface area contributed by atoms with Gasteiger partial charge in [-0.15, -0.1) is 0 Å². The van der Waals surface area contributed by atoms with Crippen LogP contribution in [0, 0.1) is 5.82 Å². The molecule has 2 amide bonds. The summed E-state index contributed by atoms with van der Waals surface area (Å²) in [6, 6.07) is 9.66. The molecule has 15 heteroatoms. The van der Waals surface area contributed by atoms with Crippen LogP contribution in [0.5, 0.6) is 5.75 Å². The molecule has 0 unspecified atom stereocenters. The fraction of sp³-hybridized carbons (Fsp3) is 0.286. The van der Waals surface area contributed by atoms with Gasteiger partial charge in [0.2, 0.25) is 5.91 Å². The minimum atomic E-state index is -4.84. The van der Waals surface area contributed by atoms with Crippen LogP contribution in [0.1, 0.15) is 28.8 Å². The first-order chi connectivity index (χ1) is 20.1. The summed E-state index contributed by atoms with van der Waals surface area (Å²) >= 11 is 0. The van der Waals surface area contributed by atoms with Gasteiger partial charge in [-0.3, -0.25) is 9.59 Å². The summed E-state index contributed by atoms with van der Waals surface area (Å²) in [5.74, 6) is -2.29. The average Bonchev–Trinajstić information content (AvgIpc) is 2.92. The van der Waals surface area contributed by atoms with Crippen LogP contribution in [-0.4, -0.2) is 64.0 Å². The number of ether oxygens (including phenoxy) is 1. The highest BCUT2D eigenvalue weighted by Gasteiger charge is 2.38. The van der Waals surface area contributed by atoms with Crippen molar-refractivity contribution in [3.05, 3.63) is 77.6 Å². The highest BCUT2D eigenvalue weighted by atomic mass is 32.2. The molecular formula is C28H25F6N3O5S. The highest BCUT2D eigenvalue weighted by Crippen LogP contribution is 2.38. The van der Waals surface area contributed by atoms with Crippen LogP contribution in [0.25, 0.3) is 11.1 Å². The van der Waals surface area contributed by atoms with Gasteiger partial charge in [-0.05, 0) is 60.0 Å². The van der Waals surface area contributed by atoms with Crippen molar-refractivity contribution in [2.75, 3.05) is 31.6 Å². The Balaban J connectivity index is 1.81. The van der Waals surface area contributed by atoms with E-state index in [0.717, 1.165) is 39.5 Å². The van der Waals surface area contributed by atoms with Crippen molar-refractivity contribution in [1.29, 1.82) is 0 Å². The Bertz CT molecular complexity index is 1650. The molecule has 0 atom stereocenters. The summed E-state index contributed by atoms with van der Waals surface area (Å²) in [7, 11) is -1.64. The molecule has 0 spiro atoms. The van der Waals surface area contributed by atoms with E-state index in [9.17, 15) is 44.3 Å². The fourth-order valence-electron chi connectivity index (χ4n) is 4.45. The lowest BCUT2D eigenvalue weighted by molar-refractivity contribution is -0.137. The quantitative estimate of drug-likeness (QED) is 0.288. The topological polar surface area (TPSA) is 87.2 Å². The third kappa shape index (κ3) is 7.04. The number of fused-ring (bicyclic) bond motifs is 1. The van der Waals surface area contributed by atoms with E-state index in [1.165, 1.54) is 23.1 Å². The standard InChI is InChI=1S/C28H25F6N3O5S/c1-35(2)25(38)7-4-10-36-16-37(43(40,41)22-6-3-5-19(14-22)28(32,33)34)24-13-17(8-9-23(24)26(36)39)18-11-20(29)15-21(12-18)42-27(30)31/h3,5-6,8-9,11-15,27H,4,7,10,16H2,1-2H3. The summed E-state index contributed by atoms with van der Waals surface area (Å²) in [4.78, 5) is 27.2. The molecule has 8 nitrogen and oxygen atoms in total. The van der Waals surface area contributed by atoms with Crippen molar-refractivity contribution in [3.63, 3.8) is 0 Å². The molecule has 0 bridgehead atoms. The van der Waals surface area contributed by atoms with Crippen LogP contribution < -0.4 is 9.04 Å². The summed E-state index contributed by atoms with van der Waals surface area (Å²) < 4.78 is 113. The molecule has 1 heterocycles. The predicted octanol–water partition coefficient (Wildman–Crippen LogP) is 5.59. The second kappa shape index (κ2) is 12.1. The maximum Gasteiger partial charge on any atom is 0.416 e. The molecule has 0 fully saturated rings. The van der Waals surface area contributed by atoms with Crippen LogP contribution in [0.15, 0.2) is 65.6 Å². The number of amides is 2. The average molecular weight is 630 g/mol. The van der Waals surface area contributed by atoms with E-state index in [1.54, 1.807) is 14.1 Å². The van der Waals surface area contributed by atoms with Crippen LogP contribution >= 0.6 is 0 Å². The second-order valence-corrected chi connectivity index (χ2v) is 11.6. The van der Waals surface area contributed by atoms with Gasteiger partial charge in [-0.25, -0.2) is 17.1 Å².